The summed E-state index contributed by atoms with van der Waals surface area (Å²) >= 11 is 6.14. The van der Waals surface area contributed by atoms with Gasteiger partial charge in [0.25, 0.3) is 5.91 Å². The van der Waals surface area contributed by atoms with E-state index >= 15 is 0 Å². The number of carbonyl (C=O) groups excluding carboxylic acids is 1. The molecule has 150 valence electrons. The Bertz CT molecular complexity index is 992. The van der Waals surface area contributed by atoms with Gasteiger partial charge in [0.1, 0.15) is 0 Å². The molecule has 0 aromatic heterocycles. The predicted molar refractivity (Wildman–Crippen MR) is 101 cm³/mol. The predicted octanol–water partition coefficient (Wildman–Crippen LogP) is 4.54. The van der Waals surface area contributed by atoms with E-state index in [0.29, 0.717) is 12.8 Å². The number of hydrogen-bond acceptors (Lipinski definition) is 3. The zero-order chi connectivity index (χ0) is 20.5. The van der Waals surface area contributed by atoms with Gasteiger partial charge in [-0.1, -0.05) is 11.6 Å². The summed E-state index contributed by atoms with van der Waals surface area (Å²) in [5.41, 5.74) is -0.295. The van der Waals surface area contributed by atoms with Crippen LogP contribution in [-0.4, -0.2) is 26.6 Å². The number of halogens is 4. The average Bonchev–Trinajstić information content (AvgIpc) is 2.62. The number of benzene rings is 2. The van der Waals surface area contributed by atoms with E-state index in [1.165, 1.54) is 22.5 Å². The van der Waals surface area contributed by atoms with Crippen molar-refractivity contribution in [3.05, 3.63) is 58.6 Å². The zero-order valence-corrected chi connectivity index (χ0v) is 16.0. The molecule has 1 amide bonds. The minimum atomic E-state index is -4.46. The van der Waals surface area contributed by atoms with Gasteiger partial charge < -0.3 is 5.32 Å². The van der Waals surface area contributed by atoms with Gasteiger partial charge in [0, 0.05) is 17.8 Å². The highest BCUT2D eigenvalue weighted by atomic mass is 35.5. The first-order valence-corrected chi connectivity index (χ1v) is 10.4. The highest BCUT2D eigenvalue weighted by Gasteiger charge is 2.30. The second-order valence-corrected chi connectivity index (χ2v) is 8.71. The molecule has 1 N–H and O–H groups in total. The first kappa shape index (κ1) is 20.5. The van der Waals surface area contributed by atoms with Crippen LogP contribution < -0.4 is 9.62 Å². The normalized spacial score (nSPS) is 16.6. The molecule has 1 heterocycles. The summed E-state index contributed by atoms with van der Waals surface area (Å²) in [6, 6.07) is 8.22. The molecule has 10 heteroatoms. The molecule has 1 aliphatic heterocycles. The highest BCUT2D eigenvalue weighted by molar-refractivity contribution is 7.92. The lowest BCUT2D eigenvalue weighted by Crippen LogP contribution is -2.38. The summed E-state index contributed by atoms with van der Waals surface area (Å²) in [5, 5.41) is 2.68. The van der Waals surface area contributed by atoms with E-state index in [9.17, 15) is 26.4 Å². The van der Waals surface area contributed by atoms with Crippen LogP contribution in [0.3, 0.4) is 0 Å². The lowest BCUT2D eigenvalue weighted by Gasteiger charge is -2.29. The standard InChI is InChI=1S/C18H16ClF3N2O3S/c19-15-8-3-12(11-16(15)24-9-1-2-10-28(24,26)27)17(25)23-14-6-4-13(5-7-14)18(20,21)22/h3-8,11H,1-2,9-10H2,(H,23,25). The monoisotopic (exact) mass is 432 g/mol. The lowest BCUT2D eigenvalue weighted by molar-refractivity contribution is -0.137. The molecule has 0 atom stereocenters. The van der Waals surface area contributed by atoms with Gasteiger partial charge in [-0.2, -0.15) is 13.2 Å². The smallest absolute Gasteiger partial charge is 0.322 e. The van der Waals surface area contributed by atoms with E-state index < -0.39 is 27.7 Å². The van der Waals surface area contributed by atoms with Crippen LogP contribution in [0.2, 0.25) is 5.02 Å². The Morgan fingerprint density at radius 1 is 1.07 bits per heavy atom. The largest absolute Gasteiger partial charge is 0.416 e. The second kappa shape index (κ2) is 7.63. The first-order chi connectivity index (χ1) is 13.1. The van der Waals surface area contributed by atoms with Crippen LogP contribution in [0.5, 0.6) is 0 Å². The van der Waals surface area contributed by atoms with Crippen LogP contribution >= 0.6 is 11.6 Å². The Morgan fingerprint density at radius 3 is 2.36 bits per heavy atom. The summed E-state index contributed by atoms with van der Waals surface area (Å²) < 4.78 is 63.6. The van der Waals surface area contributed by atoms with Gasteiger partial charge in [0.15, 0.2) is 0 Å². The van der Waals surface area contributed by atoms with Crippen LogP contribution in [0.25, 0.3) is 0 Å². The van der Waals surface area contributed by atoms with Gasteiger partial charge in [-0.3, -0.25) is 9.10 Å². The number of hydrogen-bond donors (Lipinski definition) is 1. The Morgan fingerprint density at radius 2 is 1.75 bits per heavy atom. The van der Waals surface area contributed by atoms with Gasteiger partial charge in [0.05, 0.1) is 22.0 Å². The molecule has 0 radical (unpaired) electrons. The topological polar surface area (TPSA) is 66.5 Å². The molecule has 1 fully saturated rings. The van der Waals surface area contributed by atoms with Crippen molar-refractivity contribution in [2.45, 2.75) is 19.0 Å². The molecule has 0 spiro atoms. The highest BCUT2D eigenvalue weighted by Crippen LogP contribution is 2.32. The fraction of sp³-hybridized carbons (Fsp3) is 0.278. The van der Waals surface area contributed by atoms with Gasteiger partial charge in [-0.05, 0) is 55.3 Å². The van der Waals surface area contributed by atoms with Crippen molar-refractivity contribution < 1.29 is 26.4 Å². The molecule has 0 bridgehead atoms. The quantitative estimate of drug-likeness (QED) is 0.774. The maximum absolute atomic E-state index is 12.6. The number of amides is 1. The molecule has 3 rings (SSSR count). The Labute approximate surface area is 165 Å². The number of nitrogens with one attached hydrogen (secondary N) is 1. The summed E-state index contributed by atoms with van der Waals surface area (Å²) in [5.74, 6) is -0.585. The summed E-state index contributed by atoms with van der Waals surface area (Å²) in [6.07, 6.45) is -3.23. The minimum absolute atomic E-state index is 0.00526. The third-order valence-corrected chi connectivity index (χ3v) is 6.47. The number of sulfonamides is 1. The van der Waals surface area contributed by atoms with Crippen molar-refractivity contribution in [2.75, 3.05) is 21.9 Å². The number of nitrogens with zero attached hydrogens (tertiary/aromatic N) is 1. The van der Waals surface area contributed by atoms with Crippen molar-refractivity contribution in [3.8, 4) is 0 Å². The summed E-state index contributed by atoms with van der Waals surface area (Å²) in [7, 11) is -3.51. The minimum Gasteiger partial charge on any atom is -0.322 e. The third-order valence-electron chi connectivity index (χ3n) is 4.30. The fourth-order valence-electron chi connectivity index (χ4n) is 2.85. The summed E-state index contributed by atoms with van der Waals surface area (Å²) in [6.45, 7) is 0.270. The fourth-order valence-corrected chi connectivity index (χ4v) is 4.77. The van der Waals surface area contributed by atoms with Gasteiger partial charge in [-0.15, -0.1) is 0 Å². The summed E-state index contributed by atoms with van der Waals surface area (Å²) in [4.78, 5) is 12.5. The molecule has 28 heavy (non-hydrogen) atoms. The number of rotatable bonds is 3. The lowest BCUT2D eigenvalue weighted by atomic mass is 10.1. The van der Waals surface area contributed by atoms with Crippen LogP contribution in [0.4, 0.5) is 24.5 Å². The van der Waals surface area contributed by atoms with Gasteiger partial charge in [-0.25, -0.2) is 8.42 Å². The molecular formula is C18H16ClF3N2O3S. The van der Waals surface area contributed by atoms with Crippen LogP contribution in [0.15, 0.2) is 42.5 Å². The van der Waals surface area contributed by atoms with E-state index in [2.05, 4.69) is 5.32 Å². The first-order valence-electron chi connectivity index (χ1n) is 8.36. The Balaban J connectivity index is 1.83. The SMILES string of the molecule is O=C(Nc1ccc(C(F)(F)F)cc1)c1ccc(Cl)c(N2CCCCS2(=O)=O)c1. The van der Waals surface area contributed by atoms with E-state index in [4.69, 9.17) is 11.6 Å². The van der Waals surface area contributed by atoms with Gasteiger partial charge in [0.2, 0.25) is 10.0 Å². The third kappa shape index (κ3) is 4.41. The number of carbonyl (C=O) groups is 1. The van der Waals surface area contributed by atoms with E-state index in [-0.39, 0.29) is 34.3 Å². The van der Waals surface area contributed by atoms with E-state index in [1.807, 2.05) is 0 Å². The molecular weight excluding hydrogens is 417 g/mol. The molecule has 0 saturated carbocycles. The molecule has 0 aliphatic carbocycles. The van der Waals surface area contributed by atoms with Crippen LogP contribution in [0, 0.1) is 0 Å². The molecule has 1 aliphatic rings. The van der Waals surface area contributed by atoms with Crippen molar-refractivity contribution in [2.24, 2.45) is 0 Å². The van der Waals surface area contributed by atoms with Gasteiger partial charge >= 0.3 is 6.18 Å². The van der Waals surface area contributed by atoms with E-state index in [1.54, 1.807) is 0 Å². The molecule has 1 saturated heterocycles. The van der Waals surface area contributed by atoms with Crippen molar-refractivity contribution >= 4 is 38.9 Å². The molecule has 0 unspecified atom stereocenters. The average molecular weight is 433 g/mol. The van der Waals surface area contributed by atoms with E-state index in [0.717, 1.165) is 24.3 Å². The maximum atomic E-state index is 12.6. The molecule has 2 aromatic carbocycles. The van der Waals surface area contributed by atoms with Crippen molar-refractivity contribution in [3.63, 3.8) is 0 Å². The molecule has 2 aromatic rings. The maximum Gasteiger partial charge on any atom is 0.416 e. The van der Waals surface area contributed by atoms with Crippen LogP contribution in [-0.2, 0) is 16.2 Å². The van der Waals surface area contributed by atoms with Crippen LogP contribution in [0.1, 0.15) is 28.8 Å². The Kier molecular flexibility index (Phi) is 5.58. The second-order valence-electron chi connectivity index (χ2n) is 6.29. The van der Waals surface area contributed by atoms with Crippen molar-refractivity contribution in [1.29, 1.82) is 0 Å². The number of alkyl halides is 3. The molecule has 5 nitrogen and oxygen atoms in total. The number of anilines is 2. The zero-order valence-electron chi connectivity index (χ0n) is 14.5. The Hall–Kier alpha value is -2.26. The van der Waals surface area contributed by atoms with Crippen molar-refractivity contribution in [1.82, 2.24) is 0 Å².